The number of aliphatic hydroxyl groups excluding tert-OH is 1. The molecular formula is C20H30O3P+. The predicted octanol–water partition coefficient (Wildman–Crippen LogP) is 4.05. The van der Waals surface area contributed by atoms with Crippen LogP contribution >= 0.6 is 7.26 Å². The van der Waals surface area contributed by atoms with Gasteiger partial charge in [-0.3, -0.25) is 4.79 Å². The third-order valence-electron chi connectivity index (χ3n) is 6.54. The Balaban J connectivity index is 1.66. The zero-order valence-corrected chi connectivity index (χ0v) is 15.9. The predicted molar refractivity (Wildman–Crippen MR) is 100 cm³/mol. The Morgan fingerprint density at radius 1 is 1.21 bits per heavy atom. The summed E-state index contributed by atoms with van der Waals surface area (Å²) >= 11 is 0. The van der Waals surface area contributed by atoms with Crippen molar-refractivity contribution in [3.63, 3.8) is 0 Å². The summed E-state index contributed by atoms with van der Waals surface area (Å²) < 4.78 is 5.87. The average molecular weight is 349 g/mol. The summed E-state index contributed by atoms with van der Waals surface area (Å²) in [6.07, 6.45) is 4.71. The van der Waals surface area contributed by atoms with Gasteiger partial charge >= 0.3 is 5.97 Å². The first kappa shape index (κ1) is 17.9. The number of carbonyl (C=O) groups excluding carboxylic acids is 1. The van der Waals surface area contributed by atoms with E-state index in [1.165, 1.54) is 12.8 Å². The highest BCUT2D eigenvalue weighted by Crippen LogP contribution is 2.77. The molecule has 4 heteroatoms. The molecule has 24 heavy (non-hydrogen) atoms. The first-order valence-corrected chi connectivity index (χ1v) is 11.6. The number of hydrogen-bond acceptors (Lipinski definition) is 3. The molecule has 4 unspecified atom stereocenters. The van der Waals surface area contributed by atoms with E-state index in [1.54, 1.807) is 0 Å². The number of benzene rings is 1. The van der Waals surface area contributed by atoms with Crippen LogP contribution in [0.1, 0.15) is 51.0 Å². The largest absolute Gasteiger partial charge is 0.462 e. The number of hydrogen-bond donors (Lipinski definition) is 1. The molecule has 5 atom stereocenters. The molecule has 0 saturated carbocycles. The van der Waals surface area contributed by atoms with Crippen LogP contribution in [0.4, 0.5) is 0 Å². The third-order valence-corrected chi connectivity index (χ3v) is 12.9. The highest BCUT2D eigenvalue weighted by molar-refractivity contribution is 7.77. The van der Waals surface area contributed by atoms with E-state index >= 15 is 0 Å². The fourth-order valence-corrected chi connectivity index (χ4v) is 9.89. The smallest absolute Gasteiger partial charge is 0.316 e. The molecule has 132 valence electrons. The number of aliphatic hydroxyl groups is 1. The Kier molecular flexibility index (Phi) is 5.32. The molecule has 2 saturated heterocycles. The van der Waals surface area contributed by atoms with Crippen LogP contribution in [0.2, 0.25) is 0 Å². The number of fused-ring (bicyclic) bond motifs is 2. The lowest BCUT2D eigenvalue weighted by Gasteiger charge is -2.40. The van der Waals surface area contributed by atoms with Gasteiger partial charge in [-0.2, -0.15) is 0 Å². The summed E-state index contributed by atoms with van der Waals surface area (Å²) in [5.74, 6) is -0.823. The Hall–Kier alpha value is -0.920. The number of ether oxygens (including phenoxy) is 1. The molecule has 0 radical (unpaired) electrons. The summed E-state index contributed by atoms with van der Waals surface area (Å²) in [6.45, 7) is 7.10. The van der Waals surface area contributed by atoms with Gasteiger partial charge in [-0.1, -0.05) is 30.3 Å². The number of rotatable bonds is 5. The van der Waals surface area contributed by atoms with Gasteiger partial charge in [-0.05, 0) is 32.3 Å². The van der Waals surface area contributed by atoms with Crippen molar-refractivity contribution in [3.05, 3.63) is 35.9 Å². The van der Waals surface area contributed by atoms with Crippen LogP contribution < -0.4 is 0 Å². The van der Waals surface area contributed by atoms with E-state index in [9.17, 15) is 9.90 Å². The maximum atomic E-state index is 12.6. The molecule has 2 fully saturated rings. The van der Waals surface area contributed by atoms with Gasteiger partial charge in [0.15, 0.2) is 0 Å². The van der Waals surface area contributed by atoms with E-state index in [0.717, 1.165) is 35.4 Å². The van der Waals surface area contributed by atoms with Crippen molar-refractivity contribution in [3.8, 4) is 0 Å². The molecule has 0 aliphatic carbocycles. The molecule has 1 aromatic carbocycles. The molecule has 0 amide bonds. The number of carbonyl (C=O) groups is 1. The van der Waals surface area contributed by atoms with Crippen LogP contribution in [0.15, 0.2) is 30.3 Å². The van der Waals surface area contributed by atoms with Gasteiger partial charge in [0.1, 0.15) is 12.0 Å². The fraction of sp³-hybridized carbons (Fsp3) is 0.650. The van der Waals surface area contributed by atoms with Crippen LogP contribution in [0.3, 0.4) is 0 Å². The van der Waals surface area contributed by atoms with Crippen molar-refractivity contribution in [2.24, 2.45) is 0 Å². The molecule has 0 aromatic heterocycles. The minimum Gasteiger partial charge on any atom is -0.462 e. The fourth-order valence-electron chi connectivity index (χ4n) is 4.82. The standard InChI is InChI=1S/C20H30O3P/c1-14(2)24(3)17-9-10-18(24)12-16(11-17)23-20(22)19(13-21)15-7-5-4-6-8-15/h4-8,14,16-19,21H,9-13H2,1-3H3/q+1/t16?,17-,18?,19?,24?/m1/s1. The van der Waals surface area contributed by atoms with E-state index in [-0.39, 0.29) is 18.7 Å². The van der Waals surface area contributed by atoms with E-state index in [0.29, 0.717) is 0 Å². The molecule has 3 rings (SSSR count). The normalized spacial score (nSPS) is 33.5. The van der Waals surface area contributed by atoms with Crippen molar-refractivity contribution < 1.29 is 14.6 Å². The van der Waals surface area contributed by atoms with Crippen molar-refractivity contribution in [2.45, 2.75) is 68.5 Å². The van der Waals surface area contributed by atoms with Gasteiger partial charge in [0, 0.05) is 26.8 Å². The maximum Gasteiger partial charge on any atom is 0.316 e. The molecule has 2 heterocycles. The summed E-state index contributed by atoms with van der Waals surface area (Å²) in [7, 11) is -0.917. The van der Waals surface area contributed by atoms with Crippen LogP contribution in [0, 0.1) is 0 Å². The minimum absolute atomic E-state index is 0.0413. The summed E-state index contributed by atoms with van der Waals surface area (Å²) in [5, 5.41) is 9.66. The maximum absolute atomic E-state index is 12.6. The van der Waals surface area contributed by atoms with Crippen molar-refractivity contribution >= 4 is 13.2 Å². The van der Waals surface area contributed by atoms with Gasteiger partial charge in [-0.25, -0.2) is 0 Å². The van der Waals surface area contributed by atoms with E-state index in [2.05, 4.69) is 20.5 Å². The van der Waals surface area contributed by atoms with E-state index in [1.807, 2.05) is 30.3 Å². The monoisotopic (exact) mass is 349 g/mol. The Bertz CT molecular complexity index is 558. The highest BCUT2D eigenvalue weighted by Gasteiger charge is 2.59. The van der Waals surface area contributed by atoms with Gasteiger partial charge < -0.3 is 9.84 Å². The number of esters is 1. The van der Waals surface area contributed by atoms with Crippen LogP contribution in [0.5, 0.6) is 0 Å². The first-order valence-electron chi connectivity index (χ1n) is 9.18. The van der Waals surface area contributed by atoms with Crippen LogP contribution in [0.25, 0.3) is 0 Å². The molecule has 0 spiro atoms. The molecule has 3 nitrogen and oxygen atoms in total. The molecule has 2 bridgehead atoms. The lowest BCUT2D eigenvalue weighted by atomic mass is 10.00. The average Bonchev–Trinajstić information content (AvgIpc) is 2.74. The third kappa shape index (κ3) is 3.13. The topological polar surface area (TPSA) is 46.5 Å². The summed E-state index contributed by atoms with van der Waals surface area (Å²) in [4.78, 5) is 12.6. The minimum atomic E-state index is -0.917. The van der Waals surface area contributed by atoms with Gasteiger partial charge in [0.25, 0.3) is 0 Å². The van der Waals surface area contributed by atoms with E-state index in [4.69, 9.17) is 4.74 Å². The first-order chi connectivity index (χ1) is 11.5. The summed E-state index contributed by atoms with van der Waals surface area (Å²) in [5.41, 5.74) is 3.14. The quantitative estimate of drug-likeness (QED) is 0.644. The van der Waals surface area contributed by atoms with Gasteiger partial charge in [-0.15, -0.1) is 0 Å². The molecular weight excluding hydrogens is 319 g/mol. The van der Waals surface area contributed by atoms with E-state index < -0.39 is 13.2 Å². The molecule has 1 N–H and O–H groups in total. The van der Waals surface area contributed by atoms with Gasteiger partial charge in [0.05, 0.1) is 23.6 Å². The lowest BCUT2D eigenvalue weighted by molar-refractivity contribution is -0.152. The highest BCUT2D eigenvalue weighted by atomic mass is 31.2. The van der Waals surface area contributed by atoms with Crippen molar-refractivity contribution in [2.75, 3.05) is 13.3 Å². The molecule has 2 aliphatic rings. The Morgan fingerprint density at radius 3 is 2.29 bits per heavy atom. The second-order valence-corrected chi connectivity index (χ2v) is 12.8. The lowest BCUT2D eigenvalue weighted by Crippen LogP contribution is -2.36. The zero-order chi connectivity index (χ0) is 17.3. The molecule has 1 aromatic rings. The summed E-state index contributed by atoms with van der Waals surface area (Å²) in [6, 6.07) is 9.47. The SMILES string of the molecule is CC(C)[P+]1(C)C2CC[C@@H]1CC(OC(=O)C(CO)c1ccccc1)C2. The van der Waals surface area contributed by atoms with Crippen LogP contribution in [-0.4, -0.2) is 47.4 Å². The molecule has 2 aliphatic heterocycles. The second-order valence-electron chi connectivity index (χ2n) is 7.88. The van der Waals surface area contributed by atoms with Crippen molar-refractivity contribution in [1.29, 1.82) is 0 Å². The zero-order valence-electron chi connectivity index (χ0n) is 15.0. The Morgan fingerprint density at radius 2 is 1.79 bits per heavy atom. The van der Waals surface area contributed by atoms with Gasteiger partial charge in [0.2, 0.25) is 0 Å². The Labute approximate surface area is 146 Å². The second kappa shape index (κ2) is 7.14. The van der Waals surface area contributed by atoms with Crippen LogP contribution in [-0.2, 0) is 9.53 Å². The van der Waals surface area contributed by atoms with Crippen molar-refractivity contribution in [1.82, 2.24) is 0 Å².